The Labute approximate surface area is 162 Å². The van der Waals surface area contributed by atoms with Crippen LogP contribution < -0.4 is 10.7 Å². The standard InChI is InChI=1S/C17H15BrN4O5/c18-12-2-1-3-13(9-12)20-16(24)6-7-17(25)21-19-10-11-8-14(22(26)27)4-5-15(11)23/h1-5,8-10,23H,6-7H2,(H,20,24)(H,21,25)/b19-10-. The Hall–Kier alpha value is -3.27. The average Bonchev–Trinajstić information content (AvgIpc) is 2.61. The maximum atomic E-state index is 11.8. The number of rotatable bonds is 7. The Morgan fingerprint density at radius 1 is 1.19 bits per heavy atom. The predicted molar refractivity (Wildman–Crippen MR) is 103 cm³/mol. The number of benzene rings is 2. The Morgan fingerprint density at radius 2 is 1.93 bits per heavy atom. The minimum atomic E-state index is -0.612. The van der Waals surface area contributed by atoms with Crippen LogP contribution in [-0.4, -0.2) is 28.1 Å². The Bertz CT molecular complexity index is 901. The smallest absolute Gasteiger partial charge is 0.270 e. The summed E-state index contributed by atoms with van der Waals surface area (Å²) in [5.41, 5.74) is 2.67. The van der Waals surface area contributed by atoms with Gasteiger partial charge in [-0.2, -0.15) is 5.10 Å². The highest BCUT2D eigenvalue weighted by molar-refractivity contribution is 9.10. The molecule has 27 heavy (non-hydrogen) atoms. The molecule has 2 aromatic rings. The van der Waals surface area contributed by atoms with Gasteiger partial charge in [0.2, 0.25) is 11.8 Å². The third kappa shape index (κ3) is 6.51. The van der Waals surface area contributed by atoms with Crippen molar-refractivity contribution in [2.24, 2.45) is 5.10 Å². The number of carbonyl (C=O) groups excluding carboxylic acids is 2. The summed E-state index contributed by atoms with van der Waals surface area (Å²) in [7, 11) is 0. The van der Waals surface area contributed by atoms with Gasteiger partial charge in [-0.05, 0) is 24.3 Å². The summed E-state index contributed by atoms with van der Waals surface area (Å²) >= 11 is 3.29. The summed E-state index contributed by atoms with van der Waals surface area (Å²) in [6, 6.07) is 10.5. The molecular weight excluding hydrogens is 420 g/mol. The molecule has 9 nitrogen and oxygen atoms in total. The van der Waals surface area contributed by atoms with Gasteiger partial charge in [0, 0.05) is 40.7 Å². The molecule has 0 atom stereocenters. The highest BCUT2D eigenvalue weighted by Crippen LogP contribution is 2.21. The zero-order valence-corrected chi connectivity index (χ0v) is 15.5. The van der Waals surface area contributed by atoms with Crippen molar-refractivity contribution in [2.45, 2.75) is 12.8 Å². The van der Waals surface area contributed by atoms with Crippen LogP contribution in [0, 0.1) is 10.1 Å². The van der Waals surface area contributed by atoms with Crippen LogP contribution in [0.1, 0.15) is 18.4 Å². The number of carbonyl (C=O) groups is 2. The quantitative estimate of drug-likeness (QED) is 0.349. The average molecular weight is 435 g/mol. The molecule has 140 valence electrons. The Morgan fingerprint density at radius 3 is 2.63 bits per heavy atom. The van der Waals surface area contributed by atoms with E-state index in [9.17, 15) is 24.8 Å². The lowest BCUT2D eigenvalue weighted by Crippen LogP contribution is -2.20. The monoisotopic (exact) mass is 434 g/mol. The third-order valence-electron chi connectivity index (χ3n) is 3.30. The molecule has 0 unspecified atom stereocenters. The zero-order valence-electron chi connectivity index (χ0n) is 13.9. The normalized spacial score (nSPS) is 10.6. The number of hydrazone groups is 1. The molecule has 2 amide bonds. The van der Waals surface area contributed by atoms with Gasteiger partial charge in [-0.3, -0.25) is 19.7 Å². The van der Waals surface area contributed by atoms with Gasteiger partial charge in [-0.15, -0.1) is 0 Å². The maximum absolute atomic E-state index is 11.8. The van der Waals surface area contributed by atoms with Crippen molar-refractivity contribution < 1.29 is 19.6 Å². The second-order valence-corrected chi connectivity index (χ2v) is 6.27. The van der Waals surface area contributed by atoms with Crippen molar-refractivity contribution in [3.05, 3.63) is 62.6 Å². The number of nitrogens with zero attached hydrogens (tertiary/aromatic N) is 2. The van der Waals surface area contributed by atoms with Gasteiger partial charge in [0.05, 0.1) is 11.1 Å². The SMILES string of the molecule is O=C(CCC(=O)Nc1cccc(Br)c1)N/N=C\c1cc([N+](=O)[O-])ccc1O. The van der Waals surface area contributed by atoms with Gasteiger partial charge >= 0.3 is 0 Å². The first-order chi connectivity index (χ1) is 12.8. The number of phenols is 1. The van der Waals surface area contributed by atoms with E-state index in [-0.39, 0.29) is 35.7 Å². The van der Waals surface area contributed by atoms with Gasteiger partial charge in [0.25, 0.3) is 5.69 Å². The molecule has 2 rings (SSSR count). The van der Waals surface area contributed by atoms with Crippen molar-refractivity contribution in [2.75, 3.05) is 5.32 Å². The number of nitrogens with one attached hydrogen (secondary N) is 2. The molecule has 0 aliphatic rings. The van der Waals surface area contributed by atoms with E-state index in [2.05, 4.69) is 31.8 Å². The Kier molecular flexibility index (Phi) is 7.00. The molecule has 0 aromatic heterocycles. The van der Waals surface area contributed by atoms with Gasteiger partial charge < -0.3 is 10.4 Å². The lowest BCUT2D eigenvalue weighted by molar-refractivity contribution is -0.384. The second kappa shape index (κ2) is 9.43. The number of nitro benzene ring substituents is 1. The van der Waals surface area contributed by atoms with E-state index >= 15 is 0 Å². The van der Waals surface area contributed by atoms with Gasteiger partial charge in [-0.25, -0.2) is 5.43 Å². The highest BCUT2D eigenvalue weighted by atomic mass is 79.9. The first-order valence-electron chi connectivity index (χ1n) is 7.70. The number of halogens is 1. The summed E-state index contributed by atoms with van der Waals surface area (Å²) in [4.78, 5) is 33.7. The summed E-state index contributed by atoms with van der Waals surface area (Å²) < 4.78 is 0.816. The molecule has 0 heterocycles. The fraction of sp³-hybridized carbons (Fsp3) is 0.118. The van der Waals surface area contributed by atoms with Gasteiger partial charge in [-0.1, -0.05) is 22.0 Å². The van der Waals surface area contributed by atoms with Crippen LogP contribution in [0.15, 0.2) is 52.0 Å². The Balaban J connectivity index is 1.82. The van der Waals surface area contributed by atoms with Crippen LogP contribution in [0.3, 0.4) is 0 Å². The lowest BCUT2D eigenvalue weighted by Gasteiger charge is -2.05. The van der Waals surface area contributed by atoms with Crippen LogP contribution in [0.2, 0.25) is 0 Å². The molecular formula is C17H15BrN4O5. The molecule has 0 aliphatic heterocycles. The van der Waals surface area contributed by atoms with Gasteiger partial charge in [0.15, 0.2) is 0 Å². The molecule has 2 aromatic carbocycles. The molecule has 10 heteroatoms. The number of non-ortho nitro benzene ring substituents is 1. The molecule has 0 aliphatic carbocycles. The molecule has 0 saturated heterocycles. The van der Waals surface area contributed by atoms with Crippen LogP contribution in [-0.2, 0) is 9.59 Å². The van der Waals surface area contributed by atoms with Gasteiger partial charge in [0.1, 0.15) is 5.75 Å². The number of hydrogen-bond donors (Lipinski definition) is 3. The van der Waals surface area contributed by atoms with E-state index < -0.39 is 10.8 Å². The summed E-state index contributed by atoms with van der Waals surface area (Å²) in [6.45, 7) is 0. The van der Waals surface area contributed by atoms with E-state index in [4.69, 9.17) is 0 Å². The van der Waals surface area contributed by atoms with E-state index in [1.165, 1.54) is 0 Å². The topological polar surface area (TPSA) is 134 Å². The van der Waals surface area contributed by atoms with Crippen molar-refractivity contribution in [3.8, 4) is 5.75 Å². The van der Waals surface area contributed by atoms with Crippen LogP contribution in [0.25, 0.3) is 0 Å². The van der Waals surface area contributed by atoms with E-state index in [0.717, 1.165) is 28.9 Å². The second-order valence-electron chi connectivity index (χ2n) is 5.35. The van der Waals surface area contributed by atoms with Crippen LogP contribution >= 0.6 is 15.9 Å². The van der Waals surface area contributed by atoms with Crippen LogP contribution in [0.5, 0.6) is 5.75 Å². The minimum Gasteiger partial charge on any atom is -0.507 e. The predicted octanol–water partition coefficient (Wildman–Crippen LogP) is 2.93. The van der Waals surface area contributed by atoms with Crippen LogP contribution in [0.4, 0.5) is 11.4 Å². The van der Waals surface area contributed by atoms with E-state index in [1.807, 2.05) is 6.07 Å². The number of anilines is 1. The summed E-state index contributed by atoms with van der Waals surface area (Å²) in [5.74, 6) is -1.06. The van der Waals surface area contributed by atoms with Crippen molar-refractivity contribution in [1.82, 2.24) is 5.43 Å². The maximum Gasteiger partial charge on any atom is 0.270 e. The number of amides is 2. The van der Waals surface area contributed by atoms with Crippen molar-refractivity contribution >= 4 is 45.3 Å². The highest BCUT2D eigenvalue weighted by Gasteiger charge is 2.10. The molecule has 0 fully saturated rings. The first kappa shape index (κ1) is 20.0. The molecule has 0 saturated carbocycles. The third-order valence-corrected chi connectivity index (χ3v) is 3.80. The first-order valence-corrected chi connectivity index (χ1v) is 8.49. The van der Waals surface area contributed by atoms with E-state index in [1.54, 1.807) is 18.2 Å². The largest absolute Gasteiger partial charge is 0.507 e. The number of phenolic OH excluding ortho intramolecular Hbond substituents is 1. The summed E-state index contributed by atoms with van der Waals surface area (Å²) in [5, 5.41) is 26.6. The fourth-order valence-electron chi connectivity index (χ4n) is 2.01. The lowest BCUT2D eigenvalue weighted by atomic mass is 10.2. The van der Waals surface area contributed by atoms with Crippen molar-refractivity contribution in [1.29, 1.82) is 0 Å². The number of aromatic hydroxyl groups is 1. The van der Waals surface area contributed by atoms with E-state index in [0.29, 0.717) is 5.69 Å². The summed E-state index contributed by atoms with van der Waals surface area (Å²) in [6.07, 6.45) is 0.940. The minimum absolute atomic E-state index is 0.0457. The molecule has 3 N–H and O–H groups in total. The molecule has 0 spiro atoms. The zero-order chi connectivity index (χ0) is 19.8. The number of hydrogen-bond acceptors (Lipinski definition) is 6. The fourth-order valence-corrected chi connectivity index (χ4v) is 2.40. The molecule has 0 radical (unpaired) electrons. The van der Waals surface area contributed by atoms with Crippen molar-refractivity contribution in [3.63, 3.8) is 0 Å². The molecule has 0 bridgehead atoms. The number of nitro groups is 1.